The van der Waals surface area contributed by atoms with Crippen molar-refractivity contribution in [2.75, 3.05) is 13.2 Å². The zero-order valence-electron chi connectivity index (χ0n) is 18.8. The van der Waals surface area contributed by atoms with Crippen LogP contribution in [0.2, 0.25) is 0 Å². The van der Waals surface area contributed by atoms with E-state index in [2.05, 4.69) is 13.2 Å². The van der Waals surface area contributed by atoms with Crippen molar-refractivity contribution in [1.82, 2.24) is 0 Å². The number of carbonyl (C=O) groups is 2. The Kier molecular flexibility index (Phi) is 8.25. The van der Waals surface area contributed by atoms with Crippen molar-refractivity contribution >= 4 is 22.7 Å². The first-order valence-electron chi connectivity index (χ1n) is 10.1. The van der Waals surface area contributed by atoms with E-state index in [1.54, 1.807) is 27.7 Å². The number of fused-ring (bicyclic) bond motifs is 1. The van der Waals surface area contributed by atoms with Gasteiger partial charge in [0.25, 0.3) is 0 Å². The lowest BCUT2D eigenvalue weighted by atomic mass is 10.0. The first-order valence-corrected chi connectivity index (χ1v) is 10.1. The van der Waals surface area contributed by atoms with Gasteiger partial charge in [-0.05, 0) is 69.2 Å². The molecule has 0 heterocycles. The number of rotatable bonds is 10. The fourth-order valence-electron chi connectivity index (χ4n) is 2.73. The Hall–Kier alpha value is -3.28. The predicted molar refractivity (Wildman–Crippen MR) is 120 cm³/mol. The third-order valence-electron chi connectivity index (χ3n) is 4.48. The standard InChI is InChI=1S/C25H30O6/c1-15(2)24(26)30-17(5)13-28-21-10-8-20-9-11-23(19(7)22(20)12-21)29-14-18(6)31-25(27)16(3)4/h8-12,17-18H,1,3,13-14H2,2,4-7H3. The molecule has 0 radical (unpaired) electrons. The molecule has 0 saturated carbocycles. The summed E-state index contributed by atoms with van der Waals surface area (Å²) in [4.78, 5) is 23.2. The molecule has 0 N–H and O–H groups in total. The largest absolute Gasteiger partial charge is 0.490 e. The number of ether oxygens (including phenoxy) is 4. The van der Waals surface area contributed by atoms with Crippen LogP contribution in [0.5, 0.6) is 11.5 Å². The number of hydrogen-bond donors (Lipinski definition) is 0. The summed E-state index contributed by atoms with van der Waals surface area (Å²) >= 11 is 0. The number of aryl methyl sites for hydroxylation is 1. The molecule has 2 unspecified atom stereocenters. The lowest BCUT2D eigenvalue weighted by Gasteiger charge is -2.17. The van der Waals surface area contributed by atoms with Crippen molar-refractivity contribution < 1.29 is 28.5 Å². The number of benzene rings is 2. The highest BCUT2D eigenvalue weighted by molar-refractivity contribution is 5.89. The fraction of sp³-hybridized carbons (Fsp3) is 0.360. The lowest BCUT2D eigenvalue weighted by Crippen LogP contribution is -2.22. The molecule has 2 aromatic carbocycles. The van der Waals surface area contributed by atoms with Crippen LogP contribution in [0.15, 0.2) is 54.6 Å². The second-order valence-electron chi connectivity index (χ2n) is 7.69. The molecule has 6 heteroatoms. The van der Waals surface area contributed by atoms with E-state index < -0.39 is 24.1 Å². The smallest absolute Gasteiger partial charge is 0.333 e. The second-order valence-corrected chi connectivity index (χ2v) is 7.69. The third kappa shape index (κ3) is 6.88. The van der Waals surface area contributed by atoms with Crippen LogP contribution in [0.3, 0.4) is 0 Å². The van der Waals surface area contributed by atoms with E-state index in [9.17, 15) is 9.59 Å². The monoisotopic (exact) mass is 426 g/mol. The van der Waals surface area contributed by atoms with Gasteiger partial charge in [0, 0.05) is 11.1 Å². The lowest BCUT2D eigenvalue weighted by molar-refractivity contribution is -0.145. The molecule has 0 aliphatic carbocycles. The van der Waals surface area contributed by atoms with Gasteiger partial charge in [-0.25, -0.2) is 9.59 Å². The van der Waals surface area contributed by atoms with Crippen molar-refractivity contribution in [3.8, 4) is 11.5 Å². The van der Waals surface area contributed by atoms with Crippen molar-refractivity contribution in [3.63, 3.8) is 0 Å². The van der Waals surface area contributed by atoms with Gasteiger partial charge in [-0.2, -0.15) is 0 Å². The minimum absolute atomic E-state index is 0.228. The van der Waals surface area contributed by atoms with Crippen molar-refractivity contribution in [2.45, 2.75) is 46.8 Å². The molecule has 0 fully saturated rings. The Bertz CT molecular complexity index is 986. The summed E-state index contributed by atoms with van der Waals surface area (Å²) in [5, 5.41) is 2.02. The molecule has 6 nitrogen and oxygen atoms in total. The summed E-state index contributed by atoms with van der Waals surface area (Å²) in [6.45, 7) is 16.3. The van der Waals surface area contributed by atoms with Crippen molar-refractivity contribution in [3.05, 3.63) is 60.2 Å². The number of carbonyl (C=O) groups excluding carboxylic acids is 2. The van der Waals surface area contributed by atoms with Crippen LogP contribution in [0.1, 0.15) is 33.3 Å². The molecule has 2 rings (SSSR count). The van der Waals surface area contributed by atoms with Gasteiger partial charge in [-0.1, -0.05) is 25.3 Å². The van der Waals surface area contributed by atoms with E-state index in [1.807, 2.05) is 37.3 Å². The molecule has 2 atom stereocenters. The molecule has 166 valence electrons. The van der Waals surface area contributed by atoms with E-state index in [0.717, 1.165) is 16.3 Å². The van der Waals surface area contributed by atoms with Gasteiger partial charge in [0.05, 0.1) is 0 Å². The van der Waals surface area contributed by atoms with Gasteiger partial charge in [-0.15, -0.1) is 0 Å². The minimum atomic E-state index is -0.435. The van der Waals surface area contributed by atoms with Crippen LogP contribution in [-0.2, 0) is 19.1 Å². The van der Waals surface area contributed by atoms with E-state index in [4.69, 9.17) is 18.9 Å². The summed E-state index contributed by atoms with van der Waals surface area (Å²) in [5.74, 6) is 0.494. The average Bonchev–Trinajstić information content (AvgIpc) is 2.71. The van der Waals surface area contributed by atoms with E-state index in [-0.39, 0.29) is 13.2 Å². The first kappa shape index (κ1) is 24.0. The zero-order chi connectivity index (χ0) is 23.1. The third-order valence-corrected chi connectivity index (χ3v) is 4.48. The van der Waals surface area contributed by atoms with E-state index in [1.165, 1.54) is 0 Å². The minimum Gasteiger partial charge on any atom is -0.490 e. The quantitative estimate of drug-likeness (QED) is 0.397. The Balaban J connectivity index is 2.05. The zero-order valence-corrected chi connectivity index (χ0v) is 18.8. The van der Waals surface area contributed by atoms with Gasteiger partial charge in [0.1, 0.15) is 36.9 Å². The SMILES string of the molecule is C=C(C)C(=O)OC(C)COc1ccc2ccc(OCC(C)OC(=O)C(=C)C)c(C)c2c1. The maximum absolute atomic E-state index is 11.6. The Morgan fingerprint density at radius 3 is 1.94 bits per heavy atom. The highest BCUT2D eigenvalue weighted by Crippen LogP contribution is 2.30. The number of hydrogen-bond acceptors (Lipinski definition) is 6. The van der Waals surface area contributed by atoms with Crippen LogP contribution in [0.25, 0.3) is 10.8 Å². The molecule has 0 aliphatic rings. The Labute approximate surface area is 183 Å². The maximum Gasteiger partial charge on any atom is 0.333 e. The molecule has 0 bridgehead atoms. The molecule has 0 aromatic heterocycles. The molecule has 0 aliphatic heterocycles. The molecular weight excluding hydrogens is 396 g/mol. The second kappa shape index (κ2) is 10.7. The summed E-state index contributed by atoms with van der Waals surface area (Å²) in [7, 11) is 0. The highest BCUT2D eigenvalue weighted by atomic mass is 16.6. The molecule has 0 saturated heterocycles. The molecule has 31 heavy (non-hydrogen) atoms. The van der Waals surface area contributed by atoms with Crippen LogP contribution in [0, 0.1) is 6.92 Å². The summed E-state index contributed by atoms with van der Waals surface area (Å²) < 4.78 is 22.2. The molecule has 2 aromatic rings. The summed E-state index contributed by atoms with van der Waals surface area (Å²) in [6, 6.07) is 9.61. The predicted octanol–water partition coefficient (Wildman–Crippen LogP) is 4.92. The summed E-state index contributed by atoms with van der Waals surface area (Å²) in [5.41, 5.74) is 1.65. The van der Waals surface area contributed by atoms with Gasteiger partial charge in [0.2, 0.25) is 0 Å². The topological polar surface area (TPSA) is 71.1 Å². The van der Waals surface area contributed by atoms with Crippen molar-refractivity contribution in [2.24, 2.45) is 0 Å². The maximum atomic E-state index is 11.6. The number of esters is 2. The van der Waals surface area contributed by atoms with Crippen LogP contribution < -0.4 is 9.47 Å². The summed E-state index contributed by atoms with van der Waals surface area (Å²) in [6.07, 6.45) is -0.809. The van der Waals surface area contributed by atoms with E-state index >= 15 is 0 Å². The Morgan fingerprint density at radius 2 is 1.39 bits per heavy atom. The van der Waals surface area contributed by atoms with Crippen molar-refractivity contribution in [1.29, 1.82) is 0 Å². The average molecular weight is 427 g/mol. The van der Waals surface area contributed by atoms with Crippen LogP contribution in [-0.4, -0.2) is 37.4 Å². The van der Waals surface area contributed by atoms with Gasteiger partial charge in [0.15, 0.2) is 0 Å². The molecule has 0 amide bonds. The van der Waals surface area contributed by atoms with Crippen LogP contribution in [0.4, 0.5) is 0 Å². The van der Waals surface area contributed by atoms with E-state index in [0.29, 0.717) is 22.6 Å². The normalized spacial score (nSPS) is 12.5. The molecule has 0 spiro atoms. The van der Waals surface area contributed by atoms with Gasteiger partial charge in [-0.3, -0.25) is 0 Å². The fourth-order valence-corrected chi connectivity index (χ4v) is 2.73. The van der Waals surface area contributed by atoms with Crippen LogP contribution >= 0.6 is 0 Å². The Morgan fingerprint density at radius 1 is 0.871 bits per heavy atom. The van der Waals surface area contributed by atoms with Gasteiger partial charge >= 0.3 is 11.9 Å². The molecular formula is C25H30O6. The first-order chi connectivity index (χ1) is 14.6. The van der Waals surface area contributed by atoms with Gasteiger partial charge < -0.3 is 18.9 Å². The highest BCUT2D eigenvalue weighted by Gasteiger charge is 2.14.